The molecule has 0 aliphatic heterocycles. The molecular formula is C13H18ClNO4. The van der Waals surface area contributed by atoms with Crippen molar-refractivity contribution < 1.29 is 19.0 Å². The molecule has 0 saturated carbocycles. The van der Waals surface area contributed by atoms with E-state index in [9.17, 15) is 4.79 Å². The predicted molar refractivity (Wildman–Crippen MR) is 74.6 cm³/mol. The minimum atomic E-state index is -0.421. The second-order valence-electron chi connectivity index (χ2n) is 3.51. The van der Waals surface area contributed by atoms with Gasteiger partial charge in [-0.15, -0.1) is 12.4 Å². The molecule has 106 valence electrons. The monoisotopic (exact) mass is 287 g/mol. The van der Waals surface area contributed by atoms with Crippen molar-refractivity contribution in [2.75, 3.05) is 20.8 Å². The second kappa shape index (κ2) is 8.37. The van der Waals surface area contributed by atoms with Crippen molar-refractivity contribution in [3.8, 4) is 5.75 Å². The van der Waals surface area contributed by atoms with Crippen LogP contribution in [0.5, 0.6) is 5.75 Å². The fourth-order valence-electron chi connectivity index (χ4n) is 1.57. The van der Waals surface area contributed by atoms with Crippen LogP contribution in [-0.2, 0) is 15.9 Å². The zero-order valence-electron chi connectivity index (χ0n) is 11.2. The molecule has 0 saturated heterocycles. The third-order valence-corrected chi connectivity index (χ3v) is 2.43. The molecule has 1 aromatic rings. The molecular weight excluding hydrogens is 270 g/mol. The molecule has 19 heavy (non-hydrogen) atoms. The van der Waals surface area contributed by atoms with E-state index in [1.54, 1.807) is 25.1 Å². The maximum Gasteiger partial charge on any atom is 0.338 e. The molecule has 0 heterocycles. The van der Waals surface area contributed by atoms with Crippen LogP contribution in [0.3, 0.4) is 0 Å². The van der Waals surface area contributed by atoms with E-state index in [-0.39, 0.29) is 24.7 Å². The van der Waals surface area contributed by atoms with E-state index in [0.29, 0.717) is 23.5 Å². The minimum absolute atomic E-state index is 0. The number of nitrogens with one attached hydrogen (secondary N) is 1. The van der Waals surface area contributed by atoms with Crippen LogP contribution in [0, 0.1) is 5.41 Å². The molecule has 1 N–H and O–H groups in total. The van der Waals surface area contributed by atoms with Gasteiger partial charge < -0.3 is 14.2 Å². The normalized spacial score (nSPS) is 9.21. The maximum atomic E-state index is 11.8. The van der Waals surface area contributed by atoms with Crippen LogP contribution in [0.15, 0.2) is 18.2 Å². The van der Waals surface area contributed by atoms with Gasteiger partial charge in [0.05, 0.1) is 32.8 Å². The summed E-state index contributed by atoms with van der Waals surface area (Å²) in [4.78, 5) is 11.8. The van der Waals surface area contributed by atoms with Crippen molar-refractivity contribution >= 4 is 24.3 Å². The van der Waals surface area contributed by atoms with Gasteiger partial charge in [0.2, 0.25) is 0 Å². The Balaban J connectivity index is 0.00000324. The number of methoxy groups -OCH3 is 2. The zero-order chi connectivity index (χ0) is 13.5. The predicted octanol–water partition coefficient (Wildman–Crippen LogP) is 2.46. The van der Waals surface area contributed by atoms with Crippen molar-refractivity contribution in [1.82, 2.24) is 0 Å². The molecule has 0 aliphatic rings. The SMILES string of the molecule is CCOC(=O)c1cccc(OC)c1CC(=N)OC.Cl. The number of carbonyl (C=O) groups excluding carboxylic acids is 1. The summed E-state index contributed by atoms with van der Waals surface area (Å²) in [5, 5.41) is 7.56. The Morgan fingerprint density at radius 1 is 1.32 bits per heavy atom. The first-order valence-corrected chi connectivity index (χ1v) is 5.58. The molecule has 0 fully saturated rings. The van der Waals surface area contributed by atoms with Gasteiger partial charge in [0.15, 0.2) is 5.90 Å². The summed E-state index contributed by atoms with van der Waals surface area (Å²) in [6, 6.07) is 5.10. The summed E-state index contributed by atoms with van der Waals surface area (Å²) >= 11 is 0. The lowest BCUT2D eigenvalue weighted by Gasteiger charge is -2.13. The summed E-state index contributed by atoms with van der Waals surface area (Å²) in [5.41, 5.74) is 1.00. The van der Waals surface area contributed by atoms with Crippen molar-refractivity contribution in [3.05, 3.63) is 29.3 Å². The summed E-state index contributed by atoms with van der Waals surface area (Å²) in [6.07, 6.45) is 0.189. The Morgan fingerprint density at radius 2 is 2.00 bits per heavy atom. The number of hydrogen-bond acceptors (Lipinski definition) is 5. The van der Waals surface area contributed by atoms with E-state index < -0.39 is 5.97 Å². The fourth-order valence-corrected chi connectivity index (χ4v) is 1.57. The van der Waals surface area contributed by atoms with E-state index >= 15 is 0 Å². The first kappa shape index (κ1) is 17.2. The van der Waals surface area contributed by atoms with E-state index in [2.05, 4.69) is 0 Å². The van der Waals surface area contributed by atoms with Gasteiger partial charge in [0.1, 0.15) is 5.75 Å². The molecule has 0 amide bonds. The van der Waals surface area contributed by atoms with Crippen molar-refractivity contribution in [2.45, 2.75) is 13.3 Å². The molecule has 0 unspecified atom stereocenters. The molecule has 0 spiro atoms. The lowest BCUT2D eigenvalue weighted by atomic mass is 10.0. The highest BCUT2D eigenvalue weighted by molar-refractivity contribution is 5.93. The Bertz CT molecular complexity index is 448. The lowest BCUT2D eigenvalue weighted by molar-refractivity contribution is 0.0525. The van der Waals surface area contributed by atoms with Crippen LogP contribution in [-0.4, -0.2) is 32.7 Å². The third-order valence-electron chi connectivity index (χ3n) is 2.43. The van der Waals surface area contributed by atoms with Gasteiger partial charge in [-0.3, -0.25) is 5.41 Å². The lowest BCUT2D eigenvalue weighted by Crippen LogP contribution is -2.13. The summed E-state index contributed by atoms with van der Waals surface area (Å²) in [7, 11) is 2.94. The van der Waals surface area contributed by atoms with Gasteiger partial charge in [-0.2, -0.15) is 0 Å². The van der Waals surface area contributed by atoms with Crippen LogP contribution in [0.1, 0.15) is 22.8 Å². The highest BCUT2D eigenvalue weighted by atomic mass is 35.5. The number of esters is 1. The van der Waals surface area contributed by atoms with Crippen molar-refractivity contribution in [3.63, 3.8) is 0 Å². The number of benzene rings is 1. The first-order valence-electron chi connectivity index (χ1n) is 5.58. The summed E-state index contributed by atoms with van der Waals surface area (Å²) < 4.78 is 15.0. The van der Waals surface area contributed by atoms with Crippen LogP contribution in [0.4, 0.5) is 0 Å². The zero-order valence-corrected chi connectivity index (χ0v) is 12.0. The topological polar surface area (TPSA) is 68.6 Å². The van der Waals surface area contributed by atoms with Gasteiger partial charge in [-0.05, 0) is 19.1 Å². The molecule has 6 heteroatoms. The van der Waals surface area contributed by atoms with Gasteiger partial charge >= 0.3 is 5.97 Å². The van der Waals surface area contributed by atoms with Gasteiger partial charge in [0, 0.05) is 5.56 Å². The highest BCUT2D eigenvalue weighted by Crippen LogP contribution is 2.24. The molecule has 0 aromatic heterocycles. The van der Waals surface area contributed by atoms with Gasteiger partial charge in [-0.1, -0.05) is 6.07 Å². The van der Waals surface area contributed by atoms with Crippen LogP contribution >= 0.6 is 12.4 Å². The number of halogens is 1. The number of hydrogen-bond donors (Lipinski definition) is 1. The van der Waals surface area contributed by atoms with Gasteiger partial charge in [-0.25, -0.2) is 4.79 Å². The maximum absolute atomic E-state index is 11.8. The van der Waals surface area contributed by atoms with E-state index in [0.717, 1.165) is 0 Å². The van der Waals surface area contributed by atoms with Crippen LogP contribution in [0.2, 0.25) is 0 Å². The molecule has 0 radical (unpaired) electrons. The Hall–Kier alpha value is -1.75. The van der Waals surface area contributed by atoms with Gasteiger partial charge in [0.25, 0.3) is 0 Å². The third kappa shape index (κ3) is 4.44. The fraction of sp³-hybridized carbons (Fsp3) is 0.385. The molecule has 5 nitrogen and oxygen atoms in total. The Labute approximate surface area is 118 Å². The number of rotatable bonds is 5. The first-order chi connectivity index (χ1) is 8.63. The minimum Gasteiger partial charge on any atom is -0.496 e. The van der Waals surface area contributed by atoms with Crippen molar-refractivity contribution in [2.24, 2.45) is 0 Å². The van der Waals surface area contributed by atoms with E-state index in [4.69, 9.17) is 19.6 Å². The average Bonchev–Trinajstić information content (AvgIpc) is 2.38. The molecule has 1 rings (SSSR count). The average molecular weight is 288 g/mol. The molecule has 0 bridgehead atoms. The van der Waals surface area contributed by atoms with E-state index in [1.807, 2.05) is 0 Å². The Kier molecular flexibility index (Phi) is 7.60. The van der Waals surface area contributed by atoms with Crippen LogP contribution in [0.25, 0.3) is 0 Å². The quantitative estimate of drug-likeness (QED) is 0.513. The summed E-state index contributed by atoms with van der Waals surface area (Å²) in [6.45, 7) is 2.05. The van der Waals surface area contributed by atoms with Crippen molar-refractivity contribution in [1.29, 1.82) is 5.41 Å². The van der Waals surface area contributed by atoms with E-state index in [1.165, 1.54) is 14.2 Å². The smallest absolute Gasteiger partial charge is 0.338 e. The van der Waals surface area contributed by atoms with Crippen LogP contribution < -0.4 is 4.74 Å². The molecule has 1 aromatic carbocycles. The summed E-state index contributed by atoms with van der Waals surface area (Å²) in [5.74, 6) is 0.183. The number of carbonyl (C=O) groups is 1. The Morgan fingerprint density at radius 3 is 2.53 bits per heavy atom. The largest absolute Gasteiger partial charge is 0.496 e. The second-order valence-corrected chi connectivity index (χ2v) is 3.51. The number of ether oxygens (including phenoxy) is 3. The molecule has 0 aliphatic carbocycles. The highest BCUT2D eigenvalue weighted by Gasteiger charge is 2.17. The molecule has 0 atom stereocenters. The standard InChI is InChI=1S/C13H17NO4.ClH/c1-4-18-13(15)9-6-5-7-11(16-2)10(9)8-12(14)17-3;/h5-7,14H,4,8H2,1-3H3;1H.